The minimum Gasteiger partial charge on any atom is -0.459 e. The third-order valence-electron chi connectivity index (χ3n) is 2.69. The lowest BCUT2D eigenvalue weighted by atomic mass is 10.1. The SMILES string of the molecule is CC(C)OC(=O)/C(C#N)=C/c1cc2ccccc2nc1Cl. The van der Waals surface area contributed by atoms with Crippen LogP contribution < -0.4 is 0 Å². The Morgan fingerprint density at radius 2 is 2.14 bits per heavy atom. The molecule has 0 fully saturated rings. The molecular weight excluding hydrogens is 288 g/mol. The van der Waals surface area contributed by atoms with Gasteiger partial charge in [0, 0.05) is 10.9 Å². The van der Waals surface area contributed by atoms with Gasteiger partial charge in [-0.25, -0.2) is 9.78 Å². The van der Waals surface area contributed by atoms with Gasteiger partial charge in [0.2, 0.25) is 0 Å². The Morgan fingerprint density at radius 3 is 2.81 bits per heavy atom. The van der Waals surface area contributed by atoms with Crippen molar-refractivity contribution in [2.24, 2.45) is 0 Å². The van der Waals surface area contributed by atoms with E-state index in [9.17, 15) is 4.79 Å². The molecule has 2 aromatic rings. The number of ether oxygens (including phenoxy) is 1. The molecule has 0 spiro atoms. The van der Waals surface area contributed by atoms with Crippen LogP contribution >= 0.6 is 11.6 Å². The first kappa shape index (κ1) is 15.0. The van der Waals surface area contributed by atoms with Crippen molar-refractivity contribution in [2.75, 3.05) is 0 Å². The van der Waals surface area contributed by atoms with Crippen molar-refractivity contribution in [3.8, 4) is 6.07 Å². The number of fused-ring (bicyclic) bond motifs is 1. The predicted octanol–water partition coefficient (Wildman–Crippen LogP) is 3.75. The standard InChI is InChI=1S/C16H13ClN2O2/c1-10(2)21-16(20)13(9-18)8-12-7-11-5-3-4-6-14(11)19-15(12)17/h3-8,10H,1-2H3/b13-8+. The Bertz CT molecular complexity index is 760. The van der Waals surface area contributed by atoms with E-state index in [1.807, 2.05) is 30.3 Å². The topological polar surface area (TPSA) is 63.0 Å². The summed E-state index contributed by atoms with van der Waals surface area (Å²) in [6.45, 7) is 3.44. The minimum atomic E-state index is -0.670. The molecule has 0 unspecified atom stereocenters. The van der Waals surface area contributed by atoms with Crippen LogP contribution in [0.15, 0.2) is 35.9 Å². The zero-order valence-electron chi connectivity index (χ0n) is 11.6. The fourth-order valence-corrected chi connectivity index (χ4v) is 1.98. The van der Waals surface area contributed by atoms with Crippen LogP contribution in [0.25, 0.3) is 17.0 Å². The van der Waals surface area contributed by atoms with Gasteiger partial charge in [-0.05, 0) is 32.1 Å². The number of para-hydroxylation sites is 1. The van der Waals surface area contributed by atoms with Crippen LogP contribution in [-0.4, -0.2) is 17.1 Å². The van der Waals surface area contributed by atoms with Crippen molar-refractivity contribution in [1.82, 2.24) is 4.98 Å². The highest BCUT2D eigenvalue weighted by Crippen LogP contribution is 2.22. The van der Waals surface area contributed by atoms with Crippen LogP contribution in [0, 0.1) is 11.3 Å². The fourth-order valence-electron chi connectivity index (χ4n) is 1.78. The van der Waals surface area contributed by atoms with Gasteiger partial charge in [0.1, 0.15) is 16.8 Å². The van der Waals surface area contributed by atoms with Crippen molar-refractivity contribution in [1.29, 1.82) is 5.26 Å². The van der Waals surface area contributed by atoms with Gasteiger partial charge < -0.3 is 4.74 Å². The number of carbonyl (C=O) groups is 1. The molecule has 5 heteroatoms. The fraction of sp³-hybridized carbons (Fsp3) is 0.188. The lowest BCUT2D eigenvalue weighted by Crippen LogP contribution is -2.12. The van der Waals surface area contributed by atoms with Crippen LogP contribution in [-0.2, 0) is 9.53 Å². The highest BCUT2D eigenvalue weighted by Gasteiger charge is 2.14. The number of rotatable bonds is 3. The molecule has 0 aliphatic heterocycles. The maximum atomic E-state index is 11.8. The number of hydrogen-bond donors (Lipinski definition) is 0. The minimum absolute atomic E-state index is 0.109. The number of benzene rings is 1. The zero-order valence-corrected chi connectivity index (χ0v) is 12.4. The average Bonchev–Trinajstić information content (AvgIpc) is 2.44. The molecular formula is C16H13ClN2O2. The van der Waals surface area contributed by atoms with Gasteiger partial charge in [-0.15, -0.1) is 0 Å². The van der Waals surface area contributed by atoms with E-state index >= 15 is 0 Å². The van der Waals surface area contributed by atoms with E-state index in [0.29, 0.717) is 5.56 Å². The highest BCUT2D eigenvalue weighted by atomic mass is 35.5. The Kier molecular flexibility index (Phi) is 4.56. The molecule has 4 nitrogen and oxygen atoms in total. The molecule has 0 atom stereocenters. The third kappa shape index (κ3) is 3.59. The van der Waals surface area contributed by atoms with Crippen molar-refractivity contribution < 1.29 is 9.53 Å². The summed E-state index contributed by atoms with van der Waals surface area (Å²) in [6.07, 6.45) is 1.10. The Morgan fingerprint density at radius 1 is 1.43 bits per heavy atom. The van der Waals surface area contributed by atoms with Crippen molar-refractivity contribution in [2.45, 2.75) is 20.0 Å². The van der Waals surface area contributed by atoms with Crippen molar-refractivity contribution in [3.05, 3.63) is 46.6 Å². The van der Waals surface area contributed by atoms with E-state index in [2.05, 4.69) is 4.98 Å². The maximum absolute atomic E-state index is 11.8. The summed E-state index contributed by atoms with van der Waals surface area (Å²) in [5, 5.41) is 10.2. The van der Waals surface area contributed by atoms with Gasteiger partial charge in [0.25, 0.3) is 0 Å². The summed E-state index contributed by atoms with van der Waals surface area (Å²) >= 11 is 6.10. The quantitative estimate of drug-likeness (QED) is 0.375. The number of hydrogen-bond acceptors (Lipinski definition) is 4. The van der Waals surface area contributed by atoms with Crippen molar-refractivity contribution >= 4 is 34.5 Å². The van der Waals surface area contributed by atoms with Crippen molar-refractivity contribution in [3.63, 3.8) is 0 Å². The van der Waals surface area contributed by atoms with E-state index in [4.69, 9.17) is 21.6 Å². The normalized spacial score (nSPS) is 11.5. The molecule has 0 saturated heterocycles. The van der Waals surface area contributed by atoms with Gasteiger partial charge in [-0.2, -0.15) is 5.26 Å². The molecule has 0 aliphatic rings. The second-order valence-electron chi connectivity index (χ2n) is 4.68. The molecule has 0 radical (unpaired) electrons. The van der Waals surface area contributed by atoms with Gasteiger partial charge >= 0.3 is 5.97 Å². The number of aromatic nitrogens is 1. The van der Waals surface area contributed by atoms with Gasteiger partial charge in [0.15, 0.2) is 0 Å². The largest absolute Gasteiger partial charge is 0.459 e. The van der Waals surface area contributed by atoms with Gasteiger partial charge in [-0.3, -0.25) is 0 Å². The van der Waals surface area contributed by atoms with E-state index in [1.54, 1.807) is 19.9 Å². The second kappa shape index (κ2) is 6.38. The summed E-state index contributed by atoms with van der Waals surface area (Å²) in [7, 11) is 0. The molecule has 21 heavy (non-hydrogen) atoms. The van der Waals surface area contributed by atoms with Gasteiger partial charge in [0.05, 0.1) is 11.6 Å². The summed E-state index contributed by atoms with van der Waals surface area (Å²) in [4.78, 5) is 16.0. The molecule has 0 N–H and O–H groups in total. The molecule has 0 aliphatic carbocycles. The summed E-state index contributed by atoms with van der Waals surface area (Å²) in [6, 6.07) is 11.1. The number of esters is 1. The first-order valence-electron chi connectivity index (χ1n) is 6.39. The highest BCUT2D eigenvalue weighted by molar-refractivity contribution is 6.31. The van der Waals surface area contributed by atoms with Crippen LogP contribution in [0.3, 0.4) is 0 Å². The molecule has 0 bridgehead atoms. The molecule has 1 heterocycles. The molecule has 1 aromatic carbocycles. The molecule has 1 aromatic heterocycles. The van der Waals surface area contributed by atoms with E-state index in [0.717, 1.165) is 10.9 Å². The number of pyridine rings is 1. The van der Waals surface area contributed by atoms with Crippen LogP contribution in [0.1, 0.15) is 19.4 Å². The third-order valence-corrected chi connectivity index (χ3v) is 2.99. The first-order valence-corrected chi connectivity index (χ1v) is 6.77. The van der Waals surface area contributed by atoms with Crippen LogP contribution in [0.2, 0.25) is 5.15 Å². The Hall–Kier alpha value is -2.38. The van der Waals surface area contributed by atoms with Gasteiger partial charge in [-0.1, -0.05) is 29.8 Å². The van der Waals surface area contributed by atoms with E-state index in [-0.39, 0.29) is 16.8 Å². The molecule has 2 rings (SSSR count). The molecule has 0 amide bonds. The Labute approximate surface area is 127 Å². The lowest BCUT2D eigenvalue weighted by molar-refractivity contribution is -0.142. The molecule has 106 valence electrons. The predicted molar refractivity (Wildman–Crippen MR) is 81.6 cm³/mol. The average molecular weight is 301 g/mol. The molecule has 0 saturated carbocycles. The number of nitriles is 1. The van der Waals surface area contributed by atoms with E-state index < -0.39 is 5.97 Å². The maximum Gasteiger partial charge on any atom is 0.349 e. The lowest BCUT2D eigenvalue weighted by Gasteiger charge is -2.07. The zero-order chi connectivity index (χ0) is 15.4. The van der Waals surface area contributed by atoms with E-state index in [1.165, 1.54) is 6.08 Å². The summed E-state index contributed by atoms with van der Waals surface area (Å²) in [5.41, 5.74) is 1.15. The number of nitrogens with zero attached hydrogens (tertiary/aromatic N) is 2. The van der Waals surface area contributed by atoms with Crippen LogP contribution in [0.4, 0.5) is 0 Å². The first-order chi connectivity index (χ1) is 10.0. The Balaban J connectivity index is 2.45. The second-order valence-corrected chi connectivity index (χ2v) is 5.04. The monoisotopic (exact) mass is 300 g/mol. The summed E-state index contributed by atoms with van der Waals surface area (Å²) in [5.74, 6) is -0.670. The smallest absolute Gasteiger partial charge is 0.349 e. The number of halogens is 1. The summed E-state index contributed by atoms with van der Waals surface area (Å²) < 4.78 is 5.01. The van der Waals surface area contributed by atoms with Crippen LogP contribution in [0.5, 0.6) is 0 Å². The number of carbonyl (C=O) groups excluding carboxylic acids is 1.